The lowest BCUT2D eigenvalue weighted by atomic mass is 10.1. The Morgan fingerprint density at radius 1 is 0.810 bits per heavy atom. The van der Waals surface area contributed by atoms with Gasteiger partial charge in [0.1, 0.15) is 0 Å². The summed E-state index contributed by atoms with van der Waals surface area (Å²) in [6.45, 7) is 0. The van der Waals surface area contributed by atoms with E-state index in [4.69, 9.17) is 11.6 Å². The second-order valence-electron chi connectivity index (χ2n) is 4.70. The molecule has 1 aliphatic carbocycles. The molecule has 0 unspecified atom stereocenters. The Labute approximate surface area is 127 Å². The number of benzene rings is 2. The molecule has 0 saturated carbocycles. The van der Waals surface area contributed by atoms with Gasteiger partial charge in [-0.2, -0.15) is 0 Å². The number of carbonyl (C=O) groups excluding carboxylic acids is 2. The van der Waals surface area contributed by atoms with E-state index in [0.29, 0.717) is 16.2 Å². The topological polar surface area (TPSA) is 34.1 Å². The summed E-state index contributed by atoms with van der Waals surface area (Å²) in [5.41, 5.74) is 1.92. The van der Waals surface area contributed by atoms with Crippen LogP contribution in [0.15, 0.2) is 71.3 Å². The average Bonchev–Trinajstić information content (AvgIpc) is 2.74. The smallest absolute Gasteiger partial charge is 0.197 e. The fourth-order valence-electron chi connectivity index (χ4n) is 2.29. The average molecular weight is 295 g/mol. The van der Waals surface area contributed by atoms with Crippen molar-refractivity contribution in [1.82, 2.24) is 0 Å². The van der Waals surface area contributed by atoms with Crippen LogP contribution in [0, 0.1) is 0 Å². The van der Waals surface area contributed by atoms with Crippen molar-refractivity contribution in [3.63, 3.8) is 0 Å². The predicted molar refractivity (Wildman–Crippen MR) is 83.5 cm³/mol. The fourth-order valence-corrected chi connectivity index (χ4v) is 2.53. The lowest BCUT2D eigenvalue weighted by Gasteiger charge is -1.95. The second kappa shape index (κ2) is 5.51. The van der Waals surface area contributed by atoms with Crippen LogP contribution in [0.25, 0.3) is 6.08 Å². The quantitative estimate of drug-likeness (QED) is 0.612. The van der Waals surface area contributed by atoms with Crippen LogP contribution in [-0.2, 0) is 0 Å². The molecule has 21 heavy (non-hydrogen) atoms. The van der Waals surface area contributed by atoms with Crippen LogP contribution in [0.1, 0.15) is 26.3 Å². The molecule has 0 fully saturated rings. The summed E-state index contributed by atoms with van der Waals surface area (Å²) in [5.74, 6) is -0.537. The molecule has 0 bridgehead atoms. The van der Waals surface area contributed by atoms with Crippen molar-refractivity contribution in [2.75, 3.05) is 0 Å². The van der Waals surface area contributed by atoms with Crippen LogP contribution < -0.4 is 0 Å². The van der Waals surface area contributed by atoms with E-state index in [-0.39, 0.29) is 17.1 Å². The van der Waals surface area contributed by atoms with E-state index >= 15 is 0 Å². The van der Waals surface area contributed by atoms with E-state index in [1.165, 1.54) is 6.08 Å². The maximum Gasteiger partial charge on any atom is 0.197 e. The van der Waals surface area contributed by atoms with E-state index in [1.54, 1.807) is 30.3 Å². The first-order valence-electron chi connectivity index (χ1n) is 6.49. The van der Waals surface area contributed by atoms with E-state index in [9.17, 15) is 9.59 Å². The van der Waals surface area contributed by atoms with Crippen LogP contribution in [0.5, 0.6) is 0 Å². The highest BCUT2D eigenvalue weighted by molar-refractivity contribution is 6.41. The lowest BCUT2D eigenvalue weighted by molar-refractivity contribution is 0.0989. The molecule has 1 aliphatic rings. The molecule has 2 aromatic rings. The molecule has 0 aliphatic heterocycles. The van der Waals surface area contributed by atoms with Crippen molar-refractivity contribution in [3.05, 3.63) is 88.0 Å². The first-order chi connectivity index (χ1) is 10.2. The summed E-state index contributed by atoms with van der Waals surface area (Å²) in [4.78, 5) is 24.4. The molecule has 102 valence electrons. The standard InChI is InChI=1S/C18H11ClO2/c19-13(10-12-6-2-1-3-7-12)11-16-17(20)14-8-4-5-9-15(14)18(16)21/h1-11H/b13-10-. The van der Waals surface area contributed by atoms with Gasteiger partial charge in [-0.25, -0.2) is 0 Å². The molecule has 0 aromatic heterocycles. The largest absolute Gasteiger partial charge is 0.288 e. The molecule has 0 saturated heterocycles. The molecule has 2 aromatic carbocycles. The molecule has 0 N–H and O–H groups in total. The number of halogens is 1. The first-order valence-corrected chi connectivity index (χ1v) is 6.87. The SMILES string of the molecule is O=C1C(=C/C(Cl)=C/c2ccccc2)C(=O)c2ccccc21. The summed E-state index contributed by atoms with van der Waals surface area (Å²) in [6, 6.07) is 16.3. The molecule has 3 rings (SSSR count). The molecule has 0 amide bonds. The molecule has 2 nitrogen and oxygen atoms in total. The number of rotatable bonds is 2. The number of hydrogen-bond donors (Lipinski definition) is 0. The van der Waals surface area contributed by atoms with Crippen molar-refractivity contribution < 1.29 is 9.59 Å². The zero-order chi connectivity index (χ0) is 14.8. The molecule has 0 heterocycles. The minimum Gasteiger partial charge on any atom is -0.288 e. The van der Waals surface area contributed by atoms with E-state index < -0.39 is 0 Å². The minimum atomic E-state index is -0.268. The summed E-state index contributed by atoms with van der Waals surface area (Å²) in [5, 5.41) is 0.353. The van der Waals surface area contributed by atoms with Gasteiger partial charge in [0.2, 0.25) is 0 Å². The van der Waals surface area contributed by atoms with Gasteiger partial charge in [0.25, 0.3) is 0 Å². The van der Waals surface area contributed by atoms with Crippen molar-refractivity contribution in [2.24, 2.45) is 0 Å². The minimum absolute atomic E-state index is 0.119. The van der Waals surface area contributed by atoms with Gasteiger partial charge in [-0.15, -0.1) is 0 Å². The van der Waals surface area contributed by atoms with Gasteiger partial charge in [0.15, 0.2) is 11.6 Å². The Kier molecular flexibility index (Phi) is 3.55. The molecule has 3 heteroatoms. The number of ketones is 2. The van der Waals surface area contributed by atoms with Gasteiger partial charge in [-0.1, -0.05) is 66.2 Å². The van der Waals surface area contributed by atoms with Gasteiger partial charge >= 0.3 is 0 Å². The summed E-state index contributed by atoms with van der Waals surface area (Å²) < 4.78 is 0. The summed E-state index contributed by atoms with van der Waals surface area (Å²) in [6.07, 6.45) is 3.16. The maximum atomic E-state index is 12.2. The Morgan fingerprint density at radius 3 is 1.90 bits per heavy atom. The van der Waals surface area contributed by atoms with Gasteiger partial charge < -0.3 is 0 Å². The van der Waals surface area contributed by atoms with Gasteiger partial charge in [-0.3, -0.25) is 9.59 Å². The Morgan fingerprint density at radius 2 is 1.33 bits per heavy atom. The monoisotopic (exact) mass is 294 g/mol. The van der Waals surface area contributed by atoms with Crippen LogP contribution in [0.2, 0.25) is 0 Å². The summed E-state index contributed by atoms with van der Waals surface area (Å²) in [7, 11) is 0. The Hall–Kier alpha value is -2.45. The highest BCUT2D eigenvalue weighted by atomic mass is 35.5. The van der Waals surface area contributed by atoms with Crippen LogP contribution in [0.4, 0.5) is 0 Å². The Bertz CT molecular complexity index is 749. The number of allylic oxidation sites excluding steroid dienone is 3. The number of Topliss-reactive ketones (excluding diaryl/α,β-unsaturated/α-hetero) is 2. The zero-order valence-corrected chi connectivity index (χ0v) is 11.8. The van der Waals surface area contributed by atoms with E-state index in [2.05, 4.69) is 0 Å². The molecular formula is C18H11ClO2. The molecule has 0 radical (unpaired) electrons. The molecular weight excluding hydrogens is 284 g/mol. The van der Waals surface area contributed by atoms with Crippen LogP contribution in [0.3, 0.4) is 0 Å². The highest BCUT2D eigenvalue weighted by Crippen LogP contribution is 2.27. The maximum absolute atomic E-state index is 12.2. The number of carbonyl (C=O) groups is 2. The lowest BCUT2D eigenvalue weighted by Crippen LogP contribution is -2.00. The van der Waals surface area contributed by atoms with Gasteiger partial charge in [0.05, 0.1) is 5.57 Å². The van der Waals surface area contributed by atoms with Crippen molar-refractivity contribution in [2.45, 2.75) is 0 Å². The third-order valence-electron chi connectivity index (χ3n) is 3.29. The predicted octanol–water partition coefficient (Wildman–Crippen LogP) is 4.27. The number of fused-ring (bicyclic) bond motifs is 1. The fraction of sp³-hybridized carbons (Fsp3) is 0. The van der Waals surface area contributed by atoms with Crippen LogP contribution in [-0.4, -0.2) is 11.6 Å². The first kappa shape index (κ1) is 13.5. The highest BCUT2D eigenvalue weighted by Gasteiger charge is 2.32. The third kappa shape index (κ3) is 2.58. The van der Waals surface area contributed by atoms with Crippen LogP contribution >= 0.6 is 11.6 Å². The van der Waals surface area contributed by atoms with E-state index in [0.717, 1.165) is 5.56 Å². The second-order valence-corrected chi connectivity index (χ2v) is 5.14. The van der Waals surface area contributed by atoms with E-state index in [1.807, 2.05) is 30.3 Å². The zero-order valence-electron chi connectivity index (χ0n) is 11.0. The van der Waals surface area contributed by atoms with Crippen molar-refractivity contribution >= 4 is 29.2 Å². The van der Waals surface area contributed by atoms with Gasteiger partial charge in [0, 0.05) is 16.2 Å². The normalized spacial score (nSPS) is 14.3. The molecule has 0 spiro atoms. The van der Waals surface area contributed by atoms with Gasteiger partial charge in [-0.05, 0) is 17.7 Å². The Balaban J connectivity index is 1.97. The van der Waals surface area contributed by atoms with Crippen molar-refractivity contribution in [1.29, 1.82) is 0 Å². The van der Waals surface area contributed by atoms with Crippen molar-refractivity contribution in [3.8, 4) is 0 Å². The third-order valence-corrected chi connectivity index (χ3v) is 3.51. The summed E-state index contributed by atoms with van der Waals surface area (Å²) >= 11 is 6.15. The molecule has 0 atom stereocenters. The number of hydrogen-bond acceptors (Lipinski definition) is 2.